The van der Waals surface area contributed by atoms with E-state index in [0.29, 0.717) is 0 Å². The first-order valence-electron chi connectivity index (χ1n) is 5.43. The van der Waals surface area contributed by atoms with Gasteiger partial charge in [0, 0.05) is 10.9 Å². The molecule has 0 radical (unpaired) electrons. The van der Waals surface area contributed by atoms with Gasteiger partial charge in [-0.1, -0.05) is 70.2 Å². The van der Waals surface area contributed by atoms with Crippen LogP contribution in [0.15, 0.2) is 48.8 Å². The fourth-order valence-corrected chi connectivity index (χ4v) is 1.32. The summed E-state index contributed by atoms with van der Waals surface area (Å²) >= 11 is 0. The Bertz CT molecular complexity index is 519. The Kier molecular flexibility index (Phi) is 4.95. The van der Waals surface area contributed by atoms with E-state index in [1.54, 1.807) is 0 Å². The average molecular weight is 240 g/mol. The molecular weight excluding hydrogens is 223 g/mol. The van der Waals surface area contributed by atoms with Crippen molar-refractivity contribution in [1.29, 1.82) is 0 Å². The molecule has 1 heteroatoms. The molecule has 0 fully saturated rings. The zero-order valence-corrected chi connectivity index (χ0v) is 11.5. The molecule has 1 rings (SSSR count). The Morgan fingerprint density at radius 2 is 1.65 bits per heavy atom. The van der Waals surface area contributed by atoms with Crippen LogP contribution >= 0.6 is 9.24 Å². The molecule has 0 heterocycles. The predicted molar refractivity (Wildman–Crippen MR) is 81.4 cm³/mol. The number of hydrogen-bond donors (Lipinski definition) is 0. The van der Waals surface area contributed by atoms with Crippen LogP contribution in [0.3, 0.4) is 0 Å². The highest BCUT2D eigenvalue weighted by Gasteiger charge is 1.97. The molecule has 17 heavy (non-hydrogen) atoms. The molecule has 0 amide bonds. The lowest BCUT2D eigenvalue weighted by Crippen LogP contribution is -1.82. The minimum absolute atomic E-state index is 0.833. The predicted octanol–water partition coefficient (Wildman–Crippen LogP) is 4.52. The summed E-state index contributed by atoms with van der Waals surface area (Å²) in [5.74, 6) is 6.07. The van der Waals surface area contributed by atoms with Crippen molar-refractivity contribution >= 4 is 20.4 Å². The van der Waals surface area contributed by atoms with E-state index in [1.807, 2.05) is 44.2 Å². The third-order valence-electron chi connectivity index (χ3n) is 2.39. The largest absolute Gasteiger partial charge is 0.0967 e. The van der Waals surface area contributed by atoms with E-state index < -0.39 is 0 Å². The summed E-state index contributed by atoms with van der Waals surface area (Å²) in [5.41, 5.74) is 4.10. The summed E-state index contributed by atoms with van der Waals surface area (Å²) in [6.07, 6.45) is 1.95. The Morgan fingerprint density at radius 3 is 2.12 bits per heavy atom. The highest BCUT2D eigenvalue weighted by atomic mass is 31.0. The molecule has 0 saturated carbocycles. The monoisotopic (exact) mass is 240 g/mol. The first-order chi connectivity index (χ1) is 8.04. The zero-order chi connectivity index (χ0) is 12.8. The van der Waals surface area contributed by atoms with Crippen LogP contribution in [-0.2, 0) is 0 Å². The first-order valence-corrected chi connectivity index (χ1v) is 6.01. The van der Waals surface area contributed by atoms with Crippen molar-refractivity contribution in [1.82, 2.24) is 0 Å². The molecule has 1 atom stereocenters. The minimum Gasteiger partial charge on any atom is -0.0967 e. The fraction of sp³-hybridized carbons (Fsp3) is 0.125. The summed E-state index contributed by atoms with van der Waals surface area (Å²) in [6.45, 7) is 11.8. The van der Waals surface area contributed by atoms with Gasteiger partial charge in [0.2, 0.25) is 0 Å². The summed E-state index contributed by atoms with van der Waals surface area (Å²) < 4.78 is 0. The van der Waals surface area contributed by atoms with Gasteiger partial charge >= 0.3 is 0 Å². The van der Waals surface area contributed by atoms with Crippen molar-refractivity contribution in [2.45, 2.75) is 13.8 Å². The van der Waals surface area contributed by atoms with E-state index in [4.69, 9.17) is 0 Å². The molecule has 0 aliphatic rings. The standard InChI is InChI=1S/C16H17P/c1-5-16(17)11-6-13(4)15-9-7-14(8-10-15)12(2)3/h5,7-10H,2,4,17H2,1,3H3/b16-5+. The van der Waals surface area contributed by atoms with Crippen molar-refractivity contribution in [2.75, 3.05) is 0 Å². The van der Waals surface area contributed by atoms with E-state index in [1.165, 1.54) is 0 Å². The number of allylic oxidation sites excluding steroid dienone is 4. The first kappa shape index (κ1) is 13.5. The summed E-state index contributed by atoms with van der Waals surface area (Å²) in [6, 6.07) is 8.14. The van der Waals surface area contributed by atoms with Gasteiger partial charge in [-0.25, -0.2) is 0 Å². The molecule has 1 unspecified atom stereocenters. The summed E-state index contributed by atoms with van der Waals surface area (Å²) in [4.78, 5) is 0. The molecule has 0 aliphatic heterocycles. The van der Waals surface area contributed by atoms with Crippen LogP contribution in [0.1, 0.15) is 25.0 Å². The maximum atomic E-state index is 3.97. The molecule has 0 aromatic heterocycles. The second-order valence-electron chi connectivity index (χ2n) is 3.83. The molecule has 0 saturated heterocycles. The normalized spacial score (nSPS) is 10.4. The molecule has 0 nitrogen and oxygen atoms in total. The van der Waals surface area contributed by atoms with Crippen molar-refractivity contribution in [3.8, 4) is 11.8 Å². The van der Waals surface area contributed by atoms with E-state index in [2.05, 4.69) is 34.2 Å². The fourth-order valence-electron chi connectivity index (χ4n) is 1.25. The van der Waals surface area contributed by atoms with Gasteiger partial charge < -0.3 is 0 Å². The maximum Gasteiger partial charge on any atom is 0.0249 e. The van der Waals surface area contributed by atoms with Crippen molar-refractivity contribution in [3.63, 3.8) is 0 Å². The molecule has 0 N–H and O–H groups in total. The van der Waals surface area contributed by atoms with Gasteiger partial charge in [-0.15, -0.1) is 0 Å². The van der Waals surface area contributed by atoms with Crippen LogP contribution in [-0.4, -0.2) is 0 Å². The second-order valence-corrected chi connectivity index (χ2v) is 4.45. The van der Waals surface area contributed by atoms with Crippen LogP contribution in [0.2, 0.25) is 0 Å². The van der Waals surface area contributed by atoms with E-state index >= 15 is 0 Å². The topological polar surface area (TPSA) is 0 Å². The van der Waals surface area contributed by atoms with E-state index in [-0.39, 0.29) is 0 Å². The molecule has 0 bridgehead atoms. The van der Waals surface area contributed by atoms with Crippen molar-refractivity contribution in [3.05, 3.63) is 59.9 Å². The summed E-state index contributed by atoms with van der Waals surface area (Å²) in [7, 11) is 2.59. The third kappa shape index (κ3) is 4.06. The average Bonchev–Trinajstić information content (AvgIpc) is 2.35. The third-order valence-corrected chi connectivity index (χ3v) is 2.87. The molecule has 1 aromatic rings. The van der Waals surface area contributed by atoms with Crippen LogP contribution in [0, 0.1) is 11.8 Å². The highest BCUT2D eigenvalue weighted by Crippen LogP contribution is 2.17. The van der Waals surface area contributed by atoms with Gasteiger partial charge in [0.25, 0.3) is 0 Å². The number of hydrogen-bond acceptors (Lipinski definition) is 0. The van der Waals surface area contributed by atoms with E-state index in [0.717, 1.165) is 27.6 Å². The van der Waals surface area contributed by atoms with Crippen LogP contribution < -0.4 is 0 Å². The van der Waals surface area contributed by atoms with Gasteiger partial charge in [0.05, 0.1) is 0 Å². The Morgan fingerprint density at radius 1 is 1.12 bits per heavy atom. The van der Waals surface area contributed by atoms with Crippen molar-refractivity contribution in [2.24, 2.45) is 0 Å². The van der Waals surface area contributed by atoms with Gasteiger partial charge in [0.15, 0.2) is 0 Å². The van der Waals surface area contributed by atoms with Gasteiger partial charge in [-0.3, -0.25) is 0 Å². The Labute approximate surface area is 106 Å². The van der Waals surface area contributed by atoms with Gasteiger partial charge in [0.1, 0.15) is 0 Å². The molecule has 0 aliphatic carbocycles. The zero-order valence-electron chi connectivity index (χ0n) is 10.4. The lowest BCUT2D eigenvalue weighted by atomic mass is 10.0. The van der Waals surface area contributed by atoms with E-state index in [9.17, 15) is 0 Å². The Hall–Kier alpha value is -1.57. The van der Waals surface area contributed by atoms with Crippen LogP contribution in [0.4, 0.5) is 0 Å². The smallest absolute Gasteiger partial charge is 0.0249 e. The SMILES string of the molecule is C=C(C)c1ccc(C(=C)C#C/C(P)=C\C)cc1. The number of rotatable bonds is 2. The highest BCUT2D eigenvalue weighted by molar-refractivity contribution is 7.23. The van der Waals surface area contributed by atoms with Gasteiger partial charge in [-0.05, 0) is 25.0 Å². The van der Waals surface area contributed by atoms with Crippen molar-refractivity contribution < 1.29 is 0 Å². The Balaban J connectivity index is 2.90. The lowest BCUT2D eigenvalue weighted by Gasteiger charge is -2.02. The quantitative estimate of drug-likeness (QED) is 0.527. The second kappa shape index (κ2) is 6.24. The number of benzene rings is 1. The van der Waals surface area contributed by atoms with Gasteiger partial charge in [-0.2, -0.15) is 0 Å². The molecule has 86 valence electrons. The lowest BCUT2D eigenvalue weighted by molar-refractivity contribution is 1.55. The van der Waals surface area contributed by atoms with Crippen LogP contribution in [0.25, 0.3) is 11.1 Å². The molecule has 0 spiro atoms. The summed E-state index contributed by atoms with van der Waals surface area (Å²) in [5, 5.41) is 0.977. The molecule has 1 aromatic carbocycles. The molecular formula is C16H17P. The maximum absolute atomic E-state index is 3.97. The minimum atomic E-state index is 0.833. The van der Waals surface area contributed by atoms with Crippen LogP contribution in [0.5, 0.6) is 0 Å².